The third-order valence-corrected chi connectivity index (χ3v) is 4.64. The number of amides is 1. The minimum Gasteiger partial charge on any atom is -0.508 e. The Balaban J connectivity index is 2.08. The van der Waals surface area contributed by atoms with E-state index in [0.717, 1.165) is 5.56 Å². The summed E-state index contributed by atoms with van der Waals surface area (Å²) in [4.78, 5) is 11.7. The van der Waals surface area contributed by atoms with Crippen molar-refractivity contribution in [3.05, 3.63) is 53.1 Å². The highest BCUT2D eigenvalue weighted by Crippen LogP contribution is 2.22. The highest BCUT2D eigenvalue weighted by molar-refractivity contribution is 7.85. The summed E-state index contributed by atoms with van der Waals surface area (Å²) in [6.45, 7) is 3.40. The lowest BCUT2D eigenvalue weighted by atomic mass is 10.0. The number of nitrogens with zero attached hydrogens (tertiary/aromatic N) is 2. The molecule has 2 aromatic carbocycles. The van der Waals surface area contributed by atoms with Gasteiger partial charge in [-0.05, 0) is 67.3 Å². The number of hydrogen-bond donors (Lipinski definition) is 2. The van der Waals surface area contributed by atoms with Gasteiger partial charge < -0.3 is 5.11 Å². The average molecular weight is 362 g/mol. The lowest BCUT2D eigenvalue weighted by molar-refractivity contribution is -0.118. The molecule has 2 N–H and O–H groups in total. The van der Waals surface area contributed by atoms with Crippen LogP contribution in [0.25, 0.3) is 0 Å². The topological polar surface area (TPSA) is 116 Å². The summed E-state index contributed by atoms with van der Waals surface area (Å²) in [5, 5.41) is 16.5. The highest BCUT2D eigenvalue weighted by atomic mass is 32.2. The van der Waals surface area contributed by atoms with Crippen LogP contribution in [0.5, 0.6) is 5.75 Å². The number of rotatable bonds is 5. The van der Waals surface area contributed by atoms with Crippen LogP contribution in [0, 0.1) is 13.8 Å². The number of hydrogen-bond acceptors (Lipinski definition) is 5. The quantitative estimate of drug-likeness (QED) is 0.624. The lowest BCUT2D eigenvalue weighted by Gasteiger charge is -2.09. The van der Waals surface area contributed by atoms with Crippen molar-refractivity contribution in [2.45, 2.75) is 31.6 Å². The maximum Gasteiger partial charge on any atom is 0.294 e. The Kier molecular flexibility index (Phi) is 5.66. The number of azo groups is 1. The second-order valence-corrected chi connectivity index (χ2v) is 7.02. The van der Waals surface area contributed by atoms with Crippen molar-refractivity contribution in [1.29, 1.82) is 0 Å². The molecule has 0 aliphatic heterocycles. The molecule has 8 heteroatoms. The minimum absolute atomic E-state index is 0.0520. The number of aromatic hydroxyl groups is 1. The van der Waals surface area contributed by atoms with Crippen LogP contribution in [0.2, 0.25) is 0 Å². The van der Waals surface area contributed by atoms with Crippen LogP contribution in [0.4, 0.5) is 5.69 Å². The van der Waals surface area contributed by atoms with Crippen LogP contribution in [-0.4, -0.2) is 24.0 Å². The van der Waals surface area contributed by atoms with Crippen LogP contribution in [0.3, 0.4) is 0 Å². The molecule has 2 rings (SSSR count). The normalized spacial score (nSPS) is 11.8. The first-order valence-electron chi connectivity index (χ1n) is 7.48. The first-order chi connectivity index (χ1) is 11.7. The Labute approximate surface area is 145 Å². The van der Waals surface area contributed by atoms with Gasteiger partial charge in [0.1, 0.15) is 5.75 Å². The molecule has 0 aliphatic rings. The van der Waals surface area contributed by atoms with E-state index in [0.29, 0.717) is 16.8 Å². The second-order valence-electron chi connectivity index (χ2n) is 5.63. The van der Waals surface area contributed by atoms with E-state index in [1.54, 1.807) is 19.9 Å². The fraction of sp³-hybridized carbons (Fsp3) is 0.235. The molecule has 0 heterocycles. The Bertz CT molecular complexity index is 919. The molecule has 0 fully saturated rings. The maximum absolute atomic E-state index is 11.8. The predicted octanol–water partition coefficient (Wildman–Crippen LogP) is 3.50. The zero-order valence-corrected chi connectivity index (χ0v) is 14.6. The van der Waals surface area contributed by atoms with E-state index in [4.69, 9.17) is 5.11 Å². The molecule has 0 radical (unpaired) electrons. The number of carbonyl (C=O) groups is 1. The highest BCUT2D eigenvalue weighted by Gasteiger charge is 2.16. The number of carbonyl (C=O) groups excluding carboxylic acids is 1. The van der Waals surface area contributed by atoms with Gasteiger partial charge in [0, 0.05) is 6.42 Å². The van der Waals surface area contributed by atoms with Crippen molar-refractivity contribution in [3.8, 4) is 5.75 Å². The Hall–Kier alpha value is -2.58. The molecule has 0 bridgehead atoms. The first-order valence-corrected chi connectivity index (χ1v) is 8.92. The van der Waals surface area contributed by atoms with Crippen LogP contribution in [-0.2, 0) is 21.3 Å². The Morgan fingerprint density at radius 3 is 2.32 bits per heavy atom. The maximum atomic E-state index is 11.8. The van der Waals surface area contributed by atoms with E-state index < -0.39 is 16.0 Å². The van der Waals surface area contributed by atoms with Crippen molar-refractivity contribution >= 4 is 21.7 Å². The third kappa shape index (κ3) is 5.20. The van der Waals surface area contributed by atoms with Crippen LogP contribution < -0.4 is 0 Å². The molecule has 1 amide bonds. The monoisotopic (exact) mass is 362 g/mol. The molecule has 0 aliphatic carbocycles. The third-order valence-electron chi connectivity index (χ3n) is 3.65. The zero-order valence-electron chi connectivity index (χ0n) is 13.8. The molecule has 2 aromatic rings. The summed E-state index contributed by atoms with van der Waals surface area (Å²) < 4.78 is 32.0. The summed E-state index contributed by atoms with van der Waals surface area (Å²) in [7, 11) is -4.31. The van der Waals surface area contributed by atoms with Crippen molar-refractivity contribution in [2.24, 2.45) is 10.2 Å². The zero-order chi connectivity index (χ0) is 18.6. The van der Waals surface area contributed by atoms with Crippen molar-refractivity contribution in [1.82, 2.24) is 0 Å². The lowest BCUT2D eigenvalue weighted by Crippen LogP contribution is -2.05. The molecular formula is C17H18N2O5S. The number of phenols is 1. The van der Waals surface area contributed by atoms with E-state index in [-0.39, 0.29) is 23.5 Å². The summed E-state index contributed by atoms with van der Waals surface area (Å²) in [5.41, 5.74) is 2.35. The molecule has 132 valence electrons. The molecule has 0 aromatic heterocycles. The molecule has 25 heavy (non-hydrogen) atoms. The Morgan fingerprint density at radius 1 is 1.08 bits per heavy atom. The molecule has 7 nitrogen and oxygen atoms in total. The van der Waals surface area contributed by atoms with Gasteiger partial charge in [-0.1, -0.05) is 6.07 Å². The molecule has 0 saturated heterocycles. The molecule has 0 atom stereocenters. The average Bonchev–Trinajstić information content (AvgIpc) is 2.52. The van der Waals surface area contributed by atoms with E-state index in [1.165, 1.54) is 30.3 Å². The fourth-order valence-corrected chi connectivity index (χ4v) is 3.10. The smallest absolute Gasteiger partial charge is 0.294 e. The van der Waals surface area contributed by atoms with Gasteiger partial charge in [-0.25, -0.2) is 0 Å². The van der Waals surface area contributed by atoms with Gasteiger partial charge in [-0.15, -0.1) is 10.2 Å². The molecule has 0 saturated carbocycles. The van der Waals surface area contributed by atoms with Gasteiger partial charge in [-0.2, -0.15) is 8.42 Å². The fourth-order valence-electron chi connectivity index (χ4n) is 2.35. The van der Waals surface area contributed by atoms with Gasteiger partial charge in [0.2, 0.25) is 0 Å². The Morgan fingerprint density at radius 2 is 1.72 bits per heavy atom. The number of phenolic OH excluding ortho intramolecular Hbond substituents is 1. The van der Waals surface area contributed by atoms with E-state index in [2.05, 4.69) is 10.2 Å². The summed E-state index contributed by atoms with van der Waals surface area (Å²) in [5.74, 6) is -0.365. The van der Waals surface area contributed by atoms with Crippen molar-refractivity contribution in [2.75, 3.05) is 0 Å². The van der Waals surface area contributed by atoms with Gasteiger partial charge in [0.15, 0.2) is 0 Å². The minimum atomic E-state index is -4.31. The standard InChI is InChI=1S/C17H18N2O5S/c1-11-9-12(2)16(25(22,23)24)10-13(11)3-8-17(21)19-18-14-4-6-15(20)7-5-14/h4-7,9-10,20H,3,8H2,1-2H3,(H,22,23,24). The van der Waals surface area contributed by atoms with Gasteiger partial charge >= 0.3 is 0 Å². The number of aryl methyl sites for hydroxylation is 3. The largest absolute Gasteiger partial charge is 0.508 e. The second kappa shape index (κ2) is 7.54. The van der Waals surface area contributed by atoms with Crippen molar-refractivity contribution < 1.29 is 22.9 Å². The molecular weight excluding hydrogens is 344 g/mol. The summed E-state index contributed by atoms with van der Waals surface area (Å²) in [6, 6.07) is 8.95. The SMILES string of the molecule is Cc1cc(C)c(S(=O)(=O)O)cc1CCC(=O)N=Nc1ccc(O)cc1. The van der Waals surface area contributed by atoms with E-state index in [9.17, 15) is 17.8 Å². The summed E-state index contributed by atoms with van der Waals surface area (Å²) in [6.07, 6.45) is 0.332. The van der Waals surface area contributed by atoms with Gasteiger partial charge in [0.05, 0.1) is 10.6 Å². The first kappa shape index (κ1) is 18.8. The number of benzene rings is 2. The van der Waals surface area contributed by atoms with Gasteiger partial charge in [0.25, 0.3) is 16.0 Å². The molecule has 0 unspecified atom stereocenters. The van der Waals surface area contributed by atoms with Gasteiger partial charge in [-0.3, -0.25) is 9.35 Å². The van der Waals surface area contributed by atoms with Crippen molar-refractivity contribution in [3.63, 3.8) is 0 Å². The summed E-state index contributed by atoms with van der Waals surface area (Å²) >= 11 is 0. The van der Waals surface area contributed by atoms with E-state index >= 15 is 0 Å². The van der Waals surface area contributed by atoms with Crippen LogP contribution in [0.1, 0.15) is 23.1 Å². The van der Waals surface area contributed by atoms with Crippen LogP contribution >= 0.6 is 0 Å². The van der Waals surface area contributed by atoms with Crippen LogP contribution in [0.15, 0.2) is 51.5 Å². The predicted molar refractivity (Wildman–Crippen MR) is 91.7 cm³/mol. The van der Waals surface area contributed by atoms with E-state index in [1.807, 2.05) is 0 Å². The molecule has 0 spiro atoms.